The van der Waals surface area contributed by atoms with E-state index in [1.165, 1.54) is 0 Å². The molecule has 1 aliphatic rings. The summed E-state index contributed by atoms with van der Waals surface area (Å²) in [6.45, 7) is 4.63. The molecule has 4 rings (SSSR count). The van der Waals surface area contributed by atoms with Crippen LogP contribution in [0.15, 0.2) is 72.8 Å². The van der Waals surface area contributed by atoms with Gasteiger partial charge in [0.15, 0.2) is 11.5 Å². The first-order valence-corrected chi connectivity index (χ1v) is 10.6. The molecule has 0 aromatic heterocycles. The average Bonchev–Trinajstić information content (AvgIpc) is 2.82. The van der Waals surface area contributed by atoms with Crippen molar-refractivity contribution in [1.82, 2.24) is 4.90 Å². The number of anilines is 1. The Bertz CT molecular complexity index is 1050. The van der Waals surface area contributed by atoms with Gasteiger partial charge in [-0.25, -0.2) is 0 Å². The van der Waals surface area contributed by atoms with Gasteiger partial charge in [0.05, 0.1) is 12.7 Å². The summed E-state index contributed by atoms with van der Waals surface area (Å²) in [5.74, 6) is 1.36. The summed E-state index contributed by atoms with van der Waals surface area (Å²) in [7, 11) is 1.63. The predicted molar refractivity (Wildman–Crippen MR) is 122 cm³/mol. The number of nitrogens with one attached hydrogen (secondary N) is 1. The summed E-state index contributed by atoms with van der Waals surface area (Å²) < 4.78 is 11.6. The van der Waals surface area contributed by atoms with E-state index in [0.29, 0.717) is 23.7 Å². The first-order chi connectivity index (χ1) is 15.1. The minimum Gasteiger partial charge on any atom is -0.493 e. The molecule has 0 bridgehead atoms. The number of nitrogens with zero attached hydrogens (tertiary/aromatic N) is 1. The third-order valence-electron chi connectivity index (χ3n) is 5.77. The Morgan fingerprint density at radius 1 is 1.00 bits per heavy atom. The Kier molecular flexibility index (Phi) is 6.12. The summed E-state index contributed by atoms with van der Waals surface area (Å²) in [4.78, 5) is 15.2. The van der Waals surface area contributed by atoms with Crippen LogP contribution in [0, 0.1) is 0 Å². The number of rotatable bonds is 7. The lowest BCUT2D eigenvalue weighted by Gasteiger charge is -2.41. The monoisotopic (exact) mass is 416 g/mol. The number of para-hydroxylation sites is 1. The van der Waals surface area contributed by atoms with Crippen LogP contribution in [0.1, 0.15) is 47.9 Å². The van der Waals surface area contributed by atoms with Gasteiger partial charge in [0.2, 0.25) is 0 Å². The van der Waals surface area contributed by atoms with E-state index < -0.39 is 0 Å². The number of fused-ring (bicyclic) bond motifs is 1. The number of hydrogen-bond donors (Lipinski definition) is 1. The molecule has 5 heteroatoms. The van der Waals surface area contributed by atoms with Crippen LogP contribution in [0.25, 0.3) is 0 Å². The molecule has 2 atom stereocenters. The van der Waals surface area contributed by atoms with Gasteiger partial charge >= 0.3 is 0 Å². The molecule has 0 saturated heterocycles. The molecule has 0 radical (unpaired) electrons. The lowest BCUT2D eigenvalue weighted by atomic mass is 10.0. The zero-order valence-corrected chi connectivity index (χ0v) is 18.2. The van der Waals surface area contributed by atoms with Gasteiger partial charge in [-0.3, -0.25) is 4.79 Å². The van der Waals surface area contributed by atoms with Crippen molar-refractivity contribution < 1.29 is 14.3 Å². The van der Waals surface area contributed by atoms with Crippen LogP contribution in [0.2, 0.25) is 0 Å². The van der Waals surface area contributed by atoms with Crippen molar-refractivity contribution >= 4 is 11.6 Å². The van der Waals surface area contributed by atoms with Crippen LogP contribution in [0.3, 0.4) is 0 Å². The number of methoxy groups -OCH3 is 1. The van der Waals surface area contributed by atoms with Crippen molar-refractivity contribution in [1.29, 1.82) is 0 Å². The zero-order valence-electron chi connectivity index (χ0n) is 18.2. The van der Waals surface area contributed by atoms with E-state index in [0.717, 1.165) is 23.2 Å². The Labute approximate surface area is 183 Å². The molecule has 3 aromatic carbocycles. The molecule has 0 saturated carbocycles. The highest BCUT2D eigenvalue weighted by Crippen LogP contribution is 2.38. The summed E-state index contributed by atoms with van der Waals surface area (Å²) in [6.07, 6.45) is 0.580. The highest BCUT2D eigenvalue weighted by atomic mass is 16.5. The smallest absolute Gasteiger partial charge is 0.258 e. The van der Waals surface area contributed by atoms with E-state index in [9.17, 15) is 4.79 Å². The van der Waals surface area contributed by atoms with Crippen LogP contribution in [-0.2, 0) is 6.61 Å². The average molecular weight is 417 g/mol. The highest BCUT2D eigenvalue weighted by Gasteiger charge is 2.35. The number of benzene rings is 3. The molecule has 5 nitrogen and oxygen atoms in total. The minimum absolute atomic E-state index is 0.0390. The standard InChI is InChI=1S/C26H28N2O3/c1-4-18(2)28-25(27-22-13-9-8-12-21(22)26(28)29)20-14-15-23(24(16-20)30-3)31-17-19-10-6-5-7-11-19/h5-16,18,25,27H,4,17H2,1-3H3. The van der Waals surface area contributed by atoms with Crippen molar-refractivity contribution in [3.05, 3.63) is 89.5 Å². The fraction of sp³-hybridized carbons (Fsp3) is 0.269. The van der Waals surface area contributed by atoms with Gasteiger partial charge in [0.1, 0.15) is 12.8 Å². The molecule has 0 aliphatic carbocycles. The lowest BCUT2D eigenvalue weighted by Crippen LogP contribution is -2.47. The molecule has 1 N–H and O–H groups in total. The predicted octanol–water partition coefficient (Wildman–Crippen LogP) is 5.64. The molecule has 0 fully saturated rings. The molecule has 2 unspecified atom stereocenters. The van der Waals surface area contributed by atoms with E-state index in [1.54, 1.807) is 7.11 Å². The third kappa shape index (κ3) is 4.22. The van der Waals surface area contributed by atoms with Crippen molar-refractivity contribution in [3.63, 3.8) is 0 Å². The zero-order chi connectivity index (χ0) is 21.8. The SMILES string of the molecule is CCC(C)N1C(=O)c2ccccc2NC1c1ccc(OCc2ccccc2)c(OC)c1. The second kappa shape index (κ2) is 9.13. The molecular weight excluding hydrogens is 388 g/mol. The van der Waals surface area contributed by atoms with Crippen molar-refractivity contribution in [3.8, 4) is 11.5 Å². The number of carbonyl (C=O) groups is 1. The maximum atomic E-state index is 13.3. The minimum atomic E-state index is -0.283. The number of ether oxygens (including phenoxy) is 2. The topological polar surface area (TPSA) is 50.8 Å². The Balaban J connectivity index is 1.64. The van der Waals surface area contributed by atoms with Gasteiger partial charge in [-0.15, -0.1) is 0 Å². The first kappa shape index (κ1) is 20.8. The number of carbonyl (C=O) groups excluding carboxylic acids is 1. The van der Waals surface area contributed by atoms with Gasteiger partial charge in [-0.1, -0.05) is 55.5 Å². The van der Waals surface area contributed by atoms with Gasteiger partial charge in [-0.2, -0.15) is 0 Å². The molecule has 0 spiro atoms. The molecule has 3 aromatic rings. The normalized spacial score (nSPS) is 16.3. The second-order valence-electron chi connectivity index (χ2n) is 7.75. The maximum Gasteiger partial charge on any atom is 0.258 e. The Morgan fingerprint density at radius 3 is 2.48 bits per heavy atom. The molecular formula is C26H28N2O3. The first-order valence-electron chi connectivity index (χ1n) is 10.6. The summed E-state index contributed by atoms with van der Waals surface area (Å²) in [5.41, 5.74) is 3.59. The molecule has 1 heterocycles. The van der Waals surface area contributed by atoms with Crippen LogP contribution < -0.4 is 14.8 Å². The van der Waals surface area contributed by atoms with E-state index in [2.05, 4.69) is 19.2 Å². The Hall–Kier alpha value is -3.47. The molecule has 160 valence electrons. The Morgan fingerprint density at radius 2 is 1.74 bits per heavy atom. The van der Waals surface area contributed by atoms with Crippen molar-refractivity contribution in [2.75, 3.05) is 12.4 Å². The van der Waals surface area contributed by atoms with Crippen LogP contribution in [0.5, 0.6) is 11.5 Å². The van der Waals surface area contributed by atoms with Gasteiger partial charge in [0.25, 0.3) is 5.91 Å². The lowest BCUT2D eigenvalue weighted by molar-refractivity contribution is 0.0593. The van der Waals surface area contributed by atoms with E-state index in [4.69, 9.17) is 9.47 Å². The molecule has 31 heavy (non-hydrogen) atoms. The number of amides is 1. The van der Waals surface area contributed by atoms with Gasteiger partial charge in [0, 0.05) is 11.7 Å². The van der Waals surface area contributed by atoms with Crippen molar-refractivity contribution in [2.24, 2.45) is 0 Å². The van der Waals surface area contributed by atoms with E-state index >= 15 is 0 Å². The van der Waals surface area contributed by atoms with Crippen molar-refractivity contribution in [2.45, 2.75) is 39.1 Å². The maximum absolute atomic E-state index is 13.3. The van der Waals surface area contributed by atoms with Crippen LogP contribution in [0.4, 0.5) is 5.69 Å². The van der Waals surface area contributed by atoms with Crippen LogP contribution in [-0.4, -0.2) is 24.0 Å². The van der Waals surface area contributed by atoms with E-state index in [1.807, 2.05) is 77.7 Å². The molecule has 1 amide bonds. The summed E-state index contributed by atoms with van der Waals surface area (Å²) in [5, 5.41) is 3.55. The van der Waals surface area contributed by atoms with Gasteiger partial charge in [-0.05, 0) is 48.7 Å². The van der Waals surface area contributed by atoms with Crippen LogP contribution >= 0.6 is 0 Å². The third-order valence-corrected chi connectivity index (χ3v) is 5.77. The quantitative estimate of drug-likeness (QED) is 0.542. The number of hydrogen-bond acceptors (Lipinski definition) is 4. The fourth-order valence-corrected chi connectivity index (χ4v) is 3.87. The largest absolute Gasteiger partial charge is 0.493 e. The fourth-order valence-electron chi connectivity index (χ4n) is 3.87. The second-order valence-corrected chi connectivity index (χ2v) is 7.75. The summed E-state index contributed by atoms with van der Waals surface area (Å²) >= 11 is 0. The highest BCUT2D eigenvalue weighted by molar-refractivity contribution is 6.01. The van der Waals surface area contributed by atoms with Gasteiger partial charge < -0.3 is 19.7 Å². The summed E-state index contributed by atoms with van der Waals surface area (Å²) in [6, 6.07) is 23.6. The molecule has 1 aliphatic heterocycles. The van der Waals surface area contributed by atoms with E-state index in [-0.39, 0.29) is 18.1 Å².